The molecule has 1 heterocycles. The number of oxime groups is 1. The molecule has 0 radical (unpaired) electrons. The zero-order chi connectivity index (χ0) is 15.4. The smallest absolute Gasteiger partial charge is 0.164 e. The molecule has 0 bridgehead atoms. The van der Waals surface area contributed by atoms with Crippen molar-refractivity contribution in [2.45, 2.75) is 18.9 Å². The van der Waals surface area contributed by atoms with Crippen LogP contribution in [0.5, 0.6) is 0 Å². The van der Waals surface area contributed by atoms with Crippen molar-refractivity contribution in [3.63, 3.8) is 0 Å². The maximum Gasteiger partial charge on any atom is 0.164 e. The first-order chi connectivity index (χ1) is 10.8. The van der Waals surface area contributed by atoms with Gasteiger partial charge in [0.15, 0.2) is 6.10 Å². The Morgan fingerprint density at radius 2 is 1.59 bits per heavy atom. The summed E-state index contributed by atoms with van der Waals surface area (Å²) in [5.74, 6) is 1.13. The van der Waals surface area contributed by atoms with Crippen LogP contribution in [0.3, 0.4) is 0 Å². The molecule has 0 saturated carbocycles. The lowest BCUT2D eigenvalue weighted by Crippen LogP contribution is -2.21. The molecule has 3 rings (SSSR count). The fourth-order valence-corrected chi connectivity index (χ4v) is 3.49. The minimum absolute atomic E-state index is 0.0269. The van der Waals surface area contributed by atoms with E-state index in [2.05, 4.69) is 29.4 Å². The molecular formula is C18H19NO2S. The molecule has 0 spiro atoms. The highest BCUT2D eigenvalue weighted by Crippen LogP contribution is 2.40. The van der Waals surface area contributed by atoms with Crippen LogP contribution in [0.2, 0.25) is 0 Å². The minimum atomic E-state index is -0.893. The fourth-order valence-electron chi connectivity index (χ4n) is 2.72. The van der Waals surface area contributed by atoms with Gasteiger partial charge in [-0.15, -0.1) is 0 Å². The molecule has 2 aromatic rings. The second kappa shape index (κ2) is 6.88. The van der Waals surface area contributed by atoms with E-state index in [1.807, 2.05) is 43.3 Å². The highest BCUT2D eigenvalue weighted by molar-refractivity contribution is 7.85. The summed E-state index contributed by atoms with van der Waals surface area (Å²) in [6, 6.07) is 20.3. The molecule has 0 fully saturated rings. The molecule has 0 saturated heterocycles. The molecular weight excluding hydrogens is 294 g/mol. The Balaban J connectivity index is 1.94. The van der Waals surface area contributed by atoms with Gasteiger partial charge in [-0.3, -0.25) is 4.21 Å². The maximum absolute atomic E-state index is 12.0. The van der Waals surface area contributed by atoms with E-state index < -0.39 is 10.8 Å². The Hall–Kier alpha value is -1.94. The van der Waals surface area contributed by atoms with Crippen LogP contribution in [0.15, 0.2) is 65.8 Å². The SMILES string of the molecule is CCS(=O)CC1=NO[C@H](c2ccccc2)[C@H]1c1ccccc1. The summed E-state index contributed by atoms with van der Waals surface area (Å²) in [5.41, 5.74) is 3.12. The second-order valence-corrected chi connectivity index (χ2v) is 7.03. The predicted octanol–water partition coefficient (Wildman–Crippen LogP) is 3.67. The van der Waals surface area contributed by atoms with E-state index in [0.717, 1.165) is 16.8 Å². The summed E-state index contributed by atoms with van der Waals surface area (Å²) in [6.45, 7) is 1.93. The number of hydrogen-bond acceptors (Lipinski definition) is 3. The molecule has 3 nitrogen and oxygen atoms in total. The zero-order valence-corrected chi connectivity index (χ0v) is 13.3. The topological polar surface area (TPSA) is 38.7 Å². The molecule has 2 aromatic carbocycles. The van der Waals surface area contributed by atoms with Gasteiger partial charge in [0.25, 0.3) is 0 Å². The van der Waals surface area contributed by atoms with Crippen LogP contribution in [-0.4, -0.2) is 21.4 Å². The number of nitrogens with zero attached hydrogens (tertiary/aromatic N) is 1. The standard InChI is InChI=1S/C18H19NO2S/c1-2-22(20)13-16-17(14-9-5-3-6-10-14)18(21-19-16)15-11-7-4-8-12-15/h3-12,17-18H,2,13H2,1H3/t17-,18+,22?/m0/s1. The van der Waals surface area contributed by atoms with Gasteiger partial charge < -0.3 is 4.84 Å². The molecule has 4 heteroatoms. The number of hydrogen-bond donors (Lipinski definition) is 0. The molecule has 0 amide bonds. The van der Waals surface area contributed by atoms with Gasteiger partial charge in [-0.2, -0.15) is 0 Å². The molecule has 1 aliphatic heterocycles. The Labute approximate surface area is 133 Å². The van der Waals surface area contributed by atoms with E-state index in [1.54, 1.807) is 0 Å². The van der Waals surface area contributed by atoms with Crippen molar-refractivity contribution in [3.8, 4) is 0 Å². The van der Waals surface area contributed by atoms with E-state index in [-0.39, 0.29) is 12.0 Å². The molecule has 0 N–H and O–H groups in total. The van der Waals surface area contributed by atoms with Crippen LogP contribution in [0.1, 0.15) is 30.1 Å². The van der Waals surface area contributed by atoms with Gasteiger partial charge in [0.1, 0.15) is 0 Å². The van der Waals surface area contributed by atoms with Crippen molar-refractivity contribution in [1.29, 1.82) is 0 Å². The van der Waals surface area contributed by atoms with Gasteiger partial charge >= 0.3 is 0 Å². The first kappa shape index (κ1) is 15.0. The normalized spacial score (nSPS) is 22.0. The molecule has 0 aromatic heterocycles. The third kappa shape index (κ3) is 3.12. The van der Waals surface area contributed by atoms with E-state index in [0.29, 0.717) is 11.5 Å². The third-order valence-electron chi connectivity index (χ3n) is 3.86. The van der Waals surface area contributed by atoms with Gasteiger partial charge in [-0.1, -0.05) is 72.7 Å². The van der Waals surface area contributed by atoms with Crippen molar-refractivity contribution in [2.24, 2.45) is 5.16 Å². The quantitative estimate of drug-likeness (QED) is 0.845. The summed E-state index contributed by atoms with van der Waals surface area (Å²) in [5, 5.41) is 4.26. The zero-order valence-electron chi connectivity index (χ0n) is 12.5. The second-order valence-electron chi connectivity index (χ2n) is 5.28. The summed E-state index contributed by atoms with van der Waals surface area (Å²) < 4.78 is 12.0. The maximum atomic E-state index is 12.0. The van der Waals surface area contributed by atoms with E-state index in [1.165, 1.54) is 0 Å². The average Bonchev–Trinajstić information content (AvgIpc) is 3.00. The molecule has 0 aliphatic carbocycles. The monoisotopic (exact) mass is 313 g/mol. The van der Waals surface area contributed by atoms with E-state index in [4.69, 9.17) is 4.84 Å². The molecule has 3 atom stereocenters. The Bertz CT molecular complexity index is 670. The van der Waals surface area contributed by atoms with Gasteiger partial charge in [0.05, 0.1) is 17.4 Å². The molecule has 1 unspecified atom stereocenters. The molecule has 114 valence electrons. The summed E-state index contributed by atoms with van der Waals surface area (Å²) >= 11 is 0. The van der Waals surface area contributed by atoms with Gasteiger partial charge in [0, 0.05) is 16.6 Å². The van der Waals surface area contributed by atoms with Crippen molar-refractivity contribution in [1.82, 2.24) is 0 Å². The minimum Gasteiger partial charge on any atom is -0.387 e. The van der Waals surface area contributed by atoms with E-state index >= 15 is 0 Å². The first-order valence-electron chi connectivity index (χ1n) is 7.47. The van der Waals surface area contributed by atoms with Gasteiger partial charge in [-0.25, -0.2) is 0 Å². The lowest BCUT2D eigenvalue weighted by atomic mass is 9.86. The van der Waals surface area contributed by atoms with Crippen LogP contribution < -0.4 is 0 Å². The van der Waals surface area contributed by atoms with Gasteiger partial charge in [0.2, 0.25) is 0 Å². The summed E-state index contributed by atoms with van der Waals surface area (Å²) in [4.78, 5) is 5.72. The van der Waals surface area contributed by atoms with Crippen molar-refractivity contribution >= 4 is 16.5 Å². The van der Waals surface area contributed by atoms with E-state index in [9.17, 15) is 4.21 Å². The van der Waals surface area contributed by atoms with Crippen LogP contribution in [0.4, 0.5) is 0 Å². The van der Waals surface area contributed by atoms with Crippen LogP contribution >= 0.6 is 0 Å². The number of rotatable bonds is 5. The predicted molar refractivity (Wildman–Crippen MR) is 90.4 cm³/mol. The lowest BCUT2D eigenvalue weighted by Gasteiger charge is -2.19. The summed E-state index contributed by atoms with van der Waals surface area (Å²) in [7, 11) is -0.893. The third-order valence-corrected chi connectivity index (χ3v) is 5.12. The Morgan fingerprint density at radius 1 is 1.00 bits per heavy atom. The average molecular weight is 313 g/mol. The van der Waals surface area contributed by atoms with Crippen LogP contribution in [0, 0.1) is 0 Å². The van der Waals surface area contributed by atoms with Gasteiger partial charge in [-0.05, 0) is 11.1 Å². The first-order valence-corrected chi connectivity index (χ1v) is 8.96. The Kier molecular flexibility index (Phi) is 4.68. The molecule has 22 heavy (non-hydrogen) atoms. The van der Waals surface area contributed by atoms with Crippen molar-refractivity contribution in [2.75, 3.05) is 11.5 Å². The Morgan fingerprint density at radius 3 is 2.18 bits per heavy atom. The van der Waals surface area contributed by atoms with Crippen molar-refractivity contribution in [3.05, 3.63) is 71.8 Å². The highest BCUT2D eigenvalue weighted by atomic mass is 32.2. The van der Waals surface area contributed by atoms with Crippen LogP contribution in [-0.2, 0) is 15.6 Å². The number of benzene rings is 2. The highest BCUT2D eigenvalue weighted by Gasteiger charge is 2.36. The largest absolute Gasteiger partial charge is 0.387 e. The summed E-state index contributed by atoms with van der Waals surface area (Å²) in [6.07, 6.45) is -0.146. The fraction of sp³-hybridized carbons (Fsp3) is 0.278. The molecule has 1 aliphatic rings. The lowest BCUT2D eigenvalue weighted by molar-refractivity contribution is 0.0763. The van der Waals surface area contributed by atoms with Crippen molar-refractivity contribution < 1.29 is 9.05 Å². The van der Waals surface area contributed by atoms with Crippen LogP contribution in [0.25, 0.3) is 0 Å².